The van der Waals surface area contributed by atoms with Gasteiger partial charge < -0.3 is 10.2 Å². The standard InChI is InChI=1S/C35H34Cl3N3O4S/c36-27-17-19-31(20-18-27)46(44,45)41(30-15-8-12-28(37)22-30)24-34(42)40(23-26-11-4-7-16-32(26)38)33(21-25-9-2-1-3-10-25)35(43)39-29-13-5-6-14-29/h1-4,7-12,15-20,22,29,33H,5-6,13-14,21,23-24H2,(H,39,43)/t33-/m1/s1. The van der Waals surface area contributed by atoms with Crippen molar-refractivity contribution in [2.75, 3.05) is 10.8 Å². The minimum atomic E-state index is -4.28. The molecule has 0 bridgehead atoms. The van der Waals surface area contributed by atoms with E-state index < -0.39 is 28.5 Å². The van der Waals surface area contributed by atoms with Crippen molar-refractivity contribution in [1.29, 1.82) is 0 Å². The third-order valence-corrected chi connectivity index (χ3v) is 10.7. The molecule has 0 saturated heterocycles. The number of halogens is 3. The van der Waals surface area contributed by atoms with Gasteiger partial charge in [-0.2, -0.15) is 0 Å². The number of carbonyl (C=O) groups excluding carboxylic acids is 2. The Labute approximate surface area is 285 Å². The number of amides is 2. The third kappa shape index (κ3) is 8.42. The number of anilines is 1. The first kappa shape index (κ1) is 33.8. The van der Waals surface area contributed by atoms with Crippen LogP contribution in [0.15, 0.2) is 108 Å². The molecule has 0 heterocycles. The maximum absolute atomic E-state index is 14.6. The van der Waals surface area contributed by atoms with Crippen molar-refractivity contribution in [3.05, 3.63) is 129 Å². The maximum Gasteiger partial charge on any atom is 0.264 e. The molecule has 0 unspecified atom stereocenters. The topological polar surface area (TPSA) is 86.8 Å². The molecule has 0 spiro atoms. The summed E-state index contributed by atoms with van der Waals surface area (Å²) in [5, 5.41) is 4.25. The molecule has 1 fully saturated rings. The van der Waals surface area contributed by atoms with Crippen LogP contribution in [-0.4, -0.2) is 43.8 Å². The summed E-state index contributed by atoms with van der Waals surface area (Å²) in [5.41, 5.74) is 1.68. The molecule has 1 saturated carbocycles. The highest BCUT2D eigenvalue weighted by molar-refractivity contribution is 7.92. The van der Waals surface area contributed by atoms with Gasteiger partial charge in [0.05, 0.1) is 10.6 Å². The SMILES string of the molecule is O=C(NC1CCCC1)[C@@H](Cc1ccccc1)N(Cc1ccccc1Cl)C(=O)CN(c1cccc(Cl)c1)S(=O)(=O)c1ccc(Cl)cc1. The van der Waals surface area contributed by atoms with E-state index in [1.165, 1.54) is 35.2 Å². The van der Waals surface area contributed by atoms with Crippen molar-refractivity contribution < 1.29 is 18.0 Å². The number of carbonyl (C=O) groups is 2. The zero-order valence-electron chi connectivity index (χ0n) is 25.0. The quantitative estimate of drug-likeness (QED) is 0.166. The first-order valence-corrected chi connectivity index (χ1v) is 17.6. The van der Waals surface area contributed by atoms with E-state index in [-0.39, 0.29) is 35.5 Å². The lowest BCUT2D eigenvalue weighted by molar-refractivity contribution is -0.140. The zero-order chi connectivity index (χ0) is 32.7. The lowest BCUT2D eigenvalue weighted by Gasteiger charge is -2.34. The second-order valence-electron chi connectivity index (χ2n) is 11.3. The first-order valence-electron chi connectivity index (χ1n) is 15.0. The van der Waals surface area contributed by atoms with Gasteiger partial charge in [0.25, 0.3) is 10.0 Å². The molecule has 4 aromatic carbocycles. The number of nitrogens with zero attached hydrogens (tertiary/aromatic N) is 2. The van der Waals surface area contributed by atoms with E-state index in [0.717, 1.165) is 35.6 Å². The van der Waals surface area contributed by atoms with E-state index in [9.17, 15) is 18.0 Å². The molecular formula is C35H34Cl3N3O4S. The minimum absolute atomic E-state index is 0.0104. The molecule has 46 heavy (non-hydrogen) atoms. The lowest BCUT2D eigenvalue weighted by Crippen LogP contribution is -2.54. The predicted octanol–water partition coefficient (Wildman–Crippen LogP) is 7.54. The fraction of sp³-hybridized carbons (Fsp3) is 0.257. The van der Waals surface area contributed by atoms with Crippen LogP contribution in [0.5, 0.6) is 0 Å². The van der Waals surface area contributed by atoms with Gasteiger partial charge in [-0.3, -0.25) is 13.9 Å². The van der Waals surface area contributed by atoms with Crippen LogP contribution in [0.4, 0.5) is 5.69 Å². The number of sulfonamides is 1. The van der Waals surface area contributed by atoms with E-state index in [2.05, 4.69) is 5.32 Å². The van der Waals surface area contributed by atoms with Crippen LogP contribution in [0.3, 0.4) is 0 Å². The Morgan fingerprint density at radius 2 is 1.48 bits per heavy atom. The molecule has 7 nitrogen and oxygen atoms in total. The molecule has 0 aliphatic heterocycles. The Bertz CT molecular complexity index is 1770. The Hall–Kier alpha value is -3.56. The molecule has 1 aliphatic carbocycles. The van der Waals surface area contributed by atoms with Gasteiger partial charge in [-0.05, 0) is 72.5 Å². The fourth-order valence-electron chi connectivity index (χ4n) is 5.63. The van der Waals surface area contributed by atoms with E-state index in [1.807, 2.05) is 30.3 Å². The summed E-state index contributed by atoms with van der Waals surface area (Å²) in [6.07, 6.45) is 3.99. The van der Waals surface area contributed by atoms with Crippen molar-refractivity contribution in [3.63, 3.8) is 0 Å². The van der Waals surface area contributed by atoms with E-state index in [0.29, 0.717) is 20.6 Å². The summed E-state index contributed by atoms with van der Waals surface area (Å²) in [7, 11) is -4.28. The molecule has 5 rings (SSSR count). The number of hydrogen-bond acceptors (Lipinski definition) is 4. The van der Waals surface area contributed by atoms with Crippen molar-refractivity contribution in [2.45, 2.75) is 55.6 Å². The Morgan fingerprint density at radius 3 is 2.15 bits per heavy atom. The van der Waals surface area contributed by atoms with Crippen molar-refractivity contribution in [3.8, 4) is 0 Å². The summed E-state index contributed by atoms with van der Waals surface area (Å²) in [6, 6.07) is 27.6. The van der Waals surface area contributed by atoms with E-state index in [4.69, 9.17) is 34.8 Å². The lowest BCUT2D eigenvalue weighted by atomic mass is 10.0. The van der Waals surface area contributed by atoms with Crippen LogP contribution >= 0.6 is 34.8 Å². The van der Waals surface area contributed by atoms with E-state index >= 15 is 0 Å². The highest BCUT2D eigenvalue weighted by atomic mass is 35.5. The number of benzene rings is 4. The summed E-state index contributed by atoms with van der Waals surface area (Å²) in [5.74, 6) is -0.883. The summed E-state index contributed by atoms with van der Waals surface area (Å²) >= 11 is 18.9. The van der Waals surface area contributed by atoms with Gasteiger partial charge in [0, 0.05) is 34.1 Å². The largest absolute Gasteiger partial charge is 0.352 e. The van der Waals surface area contributed by atoms with Gasteiger partial charge in [-0.1, -0.05) is 102 Å². The van der Waals surface area contributed by atoms with Crippen molar-refractivity contribution in [1.82, 2.24) is 10.2 Å². The van der Waals surface area contributed by atoms with Gasteiger partial charge in [-0.25, -0.2) is 8.42 Å². The number of nitrogens with one attached hydrogen (secondary N) is 1. The smallest absolute Gasteiger partial charge is 0.264 e. The molecule has 4 aromatic rings. The van der Waals surface area contributed by atoms with Gasteiger partial charge >= 0.3 is 0 Å². The Kier molecular flexibility index (Phi) is 11.3. The molecule has 0 aromatic heterocycles. The fourth-order valence-corrected chi connectivity index (χ4v) is 7.54. The highest BCUT2D eigenvalue weighted by Crippen LogP contribution is 2.29. The molecule has 2 amide bonds. The average molecular weight is 699 g/mol. The number of rotatable bonds is 12. The zero-order valence-corrected chi connectivity index (χ0v) is 28.1. The summed E-state index contributed by atoms with van der Waals surface area (Å²) < 4.78 is 29.3. The van der Waals surface area contributed by atoms with Gasteiger partial charge in [0.1, 0.15) is 12.6 Å². The van der Waals surface area contributed by atoms with Crippen LogP contribution < -0.4 is 9.62 Å². The normalized spacial score (nSPS) is 14.1. The van der Waals surface area contributed by atoms with Crippen LogP contribution in [0.1, 0.15) is 36.8 Å². The Morgan fingerprint density at radius 1 is 0.804 bits per heavy atom. The molecule has 11 heteroatoms. The third-order valence-electron chi connectivity index (χ3n) is 8.05. The molecule has 1 atom stereocenters. The minimum Gasteiger partial charge on any atom is -0.352 e. The Balaban J connectivity index is 1.57. The highest BCUT2D eigenvalue weighted by Gasteiger charge is 2.36. The summed E-state index contributed by atoms with van der Waals surface area (Å²) in [4.78, 5) is 30.0. The van der Waals surface area contributed by atoms with Crippen LogP contribution in [-0.2, 0) is 32.6 Å². The second-order valence-corrected chi connectivity index (χ2v) is 14.4. The molecule has 0 radical (unpaired) electrons. The maximum atomic E-state index is 14.6. The van der Waals surface area contributed by atoms with Gasteiger partial charge in [0.2, 0.25) is 11.8 Å². The van der Waals surface area contributed by atoms with Crippen LogP contribution in [0, 0.1) is 0 Å². The monoisotopic (exact) mass is 697 g/mol. The molecule has 1 N–H and O–H groups in total. The average Bonchev–Trinajstić information content (AvgIpc) is 3.56. The summed E-state index contributed by atoms with van der Waals surface area (Å²) in [6.45, 7) is -0.615. The van der Waals surface area contributed by atoms with Crippen molar-refractivity contribution in [2.24, 2.45) is 0 Å². The van der Waals surface area contributed by atoms with Crippen LogP contribution in [0.25, 0.3) is 0 Å². The van der Waals surface area contributed by atoms with Gasteiger partial charge in [-0.15, -0.1) is 0 Å². The van der Waals surface area contributed by atoms with Crippen LogP contribution in [0.2, 0.25) is 15.1 Å². The molecule has 240 valence electrons. The second kappa shape index (κ2) is 15.4. The number of hydrogen-bond donors (Lipinski definition) is 1. The predicted molar refractivity (Wildman–Crippen MR) is 184 cm³/mol. The van der Waals surface area contributed by atoms with Crippen molar-refractivity contribution >= 4 is 62.3 Å². The molecular weight excluding hydrogens is 665 g/mol. The van der Waals surface area contributed by atoms with Gasteiger partial charge in [0.15, 0.2) is 0 Å². The van der Waals surface area contributed by atoms with E-state index in [1.54, 1.807) is 42.5 Å². The first-order chi connectivity index (χ1) is 22.1. The molecule has 1 aliphatic rings.